The molecular formula is C23H15ClN4. The smallest absolute Gasteiger partial charge is 0.164 e. The quantitative estimate of drug-likeness (QED) is 0.566. The van der Waals surface area contributed by atoms with E-state index in [0.717, 1.165) is 16.9 Å². The van der Waals surface area contributed by atoms with Gasteiger partial charge in [0, 0.05) is 28.5 Å². The van der Waals surface area contributed by atoms with E-state index in [9.17, 15) is 5.26 Å². The summed E-state index contributed by atoms with van der Waals surface area (Å²) in [4.78, 5) is 11.3. The van der Waals surface area contributed by atoms with E-state index in [0.29, 0.717) is 22.2 Å². The molecule has 2 heterocycles. The van der Waals surface area contributed by atoms with E-state index in [1.54, 1.807) is 6.20 Å². The highest BCUT2D eigenvalue weighted by atomic mass is 35.5. The summed E-state index contributed by atoms with van der Waals surface area (Å²) < 4.78 is 0. The number of pyridine rings is 1. The van der Waals surface area contributed by atoms with Crippen molar-refractivity contribution in [1.29, 1.82) is 5.26 Å². The number of hydrogen-bond acceptors (Lipinski definition) is 4. The maximum atomic E-state index is 9.38. The highest BCUT2D eigenvalue weighted by Crippen LogP contribution is 2.32. The van der Waals surface area contributed by atoms with Crippen LogP contribution < -0.4 is 4.90 Å². The van der Waals surface area contributed by atoms with Crippen molar-refractivity contribution in [1.82, 2.24) is 4.98 Å². The van der Waals surface area contributed by atoms with Crippen LogP contribution in [0.25, 0.3) is 5.70 Å². The molecule has 1 aromatic heterocycles. The Morgan fingerprint density at radius 1 is 0.929 bits per heavy atom. The Morgan fingerprint density at radius 3 is 2.36 bits per heavy atom. The number of aromatic nitrogens is 1. The molecule has 0 unspecified atom stereocenters. The van der Waals surface area contributed by atoms with E-state index in [1.165, 1.54) is 6.08 Å². The third kappa shape index (κ3) is 3.57. The molecule has 3 aromatic rings. The van der Waals surface area contributed by atoms with E-state index in [-0.39, 0.29) is 0 Å². The van der Waals surface area contributed by atoms with Crippen molar-refractivity contribution in [2.24, 2.45) is 4.99 Å². The van der Waals surface area contributed by atoms with Crippen LogP contribution in [0.1, 0.15) is 11.3 Å². The standard InChI is InChI=1S/C23H15ClN4/c24-18-9-11-19(12-10-18)28-20(13-14-25)16-22(17-6-2-1-3-7-17)27-23(28)21-8-4-5-15-26-21/h1-13,15-16H/b20-13+. The monoisotopic (exact) mass is 382 g/mol. The molecule has 0 radical (unpaired) electrons. The molecule has 1 aliphatic heterocycles. The number of anilines is 1. The summed E-state index contributed by atoms with van der Waals surface area (Å²) >= 11 is 6.06. The zero-order valence-electron chi connectivity index (χ0n) is 14.8. The van der Waals surface area contributed by atoms with Crippen molar-refractivity contribution in [3.8, 4) is 6.07 Å². The summed E-state index contributed by atoms with van der Waals surface area (Å²) in [5.74, 6) is 0.644. The van der Waals surface area contributed by atoms with Gasteiger partial charge in [-0.15, -0.1) is 0 Å². The van der Waals surface area contributed by atoms with Crippen LogP contribution in [-0.2, 0) is 0 Å². The molecule has 2 aromatic carbocycles. The molecule has 0 amide bonds. The minimum Gasteiger partial charge on any atom is -0.292 e. The van der Waals surface area contributed by atoms with Gasteiger partial charge in [0.25, 0.3) is 0 Å². The zero-order chi connectivity index (χ0) is 19.3. The van der Waals surface area contributed by atoms with Gasteiger partial charge in [0.15, 0.2) is 5.84 Å². The van der Waals surface area contributed by atoms with Gasteiger partial charge in [-0.2, -0.15) is 5.26 Å². The Balaban J connectivity index is 1.92. The van der Waals surface area contributed by atoms with E-state index in [1.807, 2.05) is 83.8 Å². The lowest BCUT2D eigenvalue weighted by molar-refractivity contribution is 1.17. The Bertz CT molecular complexity index is 1110. The van der Waals surface area contributed by atoms with Crippen LogP contribution in [0.5, 0.6) is 0 Å². The second-order valence-corrected chi connectivity index (χ2v) is 6.49. The fourth-order valence-corrected chi connectivity index (χ4v) is 3.11. The van der Waals surface area contributed by atoms with Gasteiger partial charge in [-0.05, 0) is 42.5 Å². The molecule has 0 saturated carbocycles. The van der Waals surface area contributed by atoms with Gasteiger partial charge in [0.2, 0.25) is 0 Å². The summed E-state index contributed by atoms with van der Waals surface area (Å²) in [6.45, 7) is 0. The summed E-state index contributed by atoms with van der Waals surface area (Å²) in [5, 5.41) is 10.0. The fraction of sp³-hybridized carbons (Fsp3) is 0. The van der Waals surface area contributed by atoms with Crippen molar-refractivity contribution in [2.75, 3.05) is 4.90 Å². The average molecular weight is 383 g/mol. The van der Waals surface area contributed by atoms with Crippen molar-refractivity contribution in [3.63, 3.8) is 0 Å². The second kappa shape index (κ2) is 7.91. The van der Waals surface area contributed by atoms with Crippen LogP contribution in [0.3, 0.4) is 0 Å². The molecular weight excluding hydrogens is 368 g/mol. The molecule has 0 N–H and O–H groups in total. The summed E-state index contributed by atoms with van der Waals surface area (Å²) in [7, 11) is 0. The highest BCUT2D eigenvalue weighted by molar-refractivity contribution is 6.30. The van der Waals surface area contributed by atoms with E-state index < -0.39 is 0 Å². The average Bonchev–Trinajstić information content (AvgIpc) is 2.75. The second-order valence-electron chi connectivity index (χ2n) is 6.06. The molecule has 0 fully saturated rings. The molecule has 4 nitrogen and oxygen atoms in total. The zero-order valence-corrected chi connectivity index (χ0v) is 15.6. The SMILES string of the molecule is N#C/C=C1\C=C(c2ccccc2)N=C(c2ccccn2)N1c1ccc(Cl)cc1. The maximum Gasteiger partial charge on any atom is 0.164 e. The molecule has 1 aliphatic rings. The van der Waals surface area contributed by atoms with Gasteiger partial charge < -0.3 is 0 Å². The fourth-order valence-electron chi connectivity index (χ4n) is 2.98. The summed E-state index contributed by atoms with van der Waals surface area (Å²) in [6.07, 6.45) is 5.14. The molecule has 0 aliphatic carbocycles. The molecule has 5 heteroatoms. The van der Waals surface area contributed by atoms with E-state index >= 15 is 0 Å². The van der Waals surface area contributed by atoms with Crippen molar-refractivity contribution >= 4 is 28.8 Å². The van der Waals surface area contributed by atoms with Gasteiger partial charge in [0.05, 0.1) is 17.5 Å². The minimum atomic E-state index is 0.642. The largest absolute Gasteiger partial charge is 0.292 e. The minimum absolute atomic E-state index is 0.642. The number of nitriles is 1. The van der Waals surface area contributed by atoms with Crippen molar-refractivity contribution < 1.29 is 0 Å². The molecule has 0 atom stereocenters. The van der Waals surface area contributed by atoms with E-state index in [4.69, 9.17) is 16.6 Å². The van der Waals surface area contributed by atoms with Gasteiger partial charge >= 0.3 is 0 Å². The molecule has 134 valence electrons. The van der Waals surface area contributed by atoms with Crippen LogP contribution >= 0.6 is 11.6 Å². The summed E-state index contributed by atoms with van der Waals surface area (Å²) in [6, 6.07) is 25.1. The predicted molar refractivity (Wildman–Crippen MR) is 113 cm³/mol. The first kappa shape index (κ1) is 17.7. The maximum absolute atomic E-state index is 9.38. The Kier molecular flexibility index (Phi) is 5.01. The van der Waals surface area contributed by atoms with Crippen LogP contribution in [-0.4, -0.2) is 10.8 Å². The highest BCUT2D eigenvalue weighted by Gasteiger charge is 2.25. The van der Waals surface area contributed by atoms with Crippen LogP contribution in [0, 0.1) is 11.3 Å². The molecule has 28 heavy (non-hydrogen) atoms. The van der Waals surface area contributed by atoms with Crippen LogP contribution in [0.15, 0.2) is 102 Å². The van der Waals surface area contributed by atoms with Gasteiger partial charge in [0.1, 0.15) is 5.69 Å². The number of halogens is 1. The lowest BCUT2D eigenvalue weighted by atomic mass is 10.1. The van der Waals surface area contributed by atoms with Crippen molar-refractivity contribution in [2.45, 2.75) is 0 Å². The summed E-state index contributed by atoms with van der Waals surface area (Å²) in [5.41, 5.74) is 4.00. The first-order valence-electron chi connectivity index (χ1n) is 8.69. The number of nitrogens with zero attached hydrogens (tertiary/aromatic N) is 4. The predicted octanol–water partition coefficient (Wildman–Crippen LogP) is 5.45. The third-order valence-corrected chi connectivity index (χ3v) is 4.49. The van der Waals surface area contributed by atoms with Gasteiger partial charge in [-0.1, -0.05) is 48.0 Å². The Labute approximate surface area is 168 Å². The number of allylic oxidation sites excluding steroid dienone is 2. The molecule has 0 bridgehead atoms. The number of amidine groups is 1. The normalized spacial score (nSPS) is 15.0. The number of aliphatic imine (C=N–C) groups is 1. The Morgan fingerprint density at radius 2 is 1.68 bits per heavy atom. The lowest BCUT2D eigenvalue weighted by Crippen LogP contribution is -2.33. The van der Waals surface area contributed by atoms with Crippen LogP contribution in [0.4, 0.5) is 5.69 Å². The number of rotatable bonds is 3. The molecule has 4 rings (SSSR count). The first-order chi connectivity index (χ1) is 13.8. The third-order valence-electron chi connectivity index (χ3n) is 4.24. The first-order valence-corrected chi connectivity index (χ1v) is 9.07. The molecule has 0 spiro atoms. The lowest BCUT2D eigenvalue weighted by Gasteiger charge is -2.30. The Hall–Kier alpha value is -3.68. The topological polar surface area (TPSA) is 52.3 Å². The van der Waals surface area contributed by atoms with E-state index in [2.05, 4.69) is 11.1 Å². The number of benzene rings is 2. The van der Waals surface area contributed by atoms with Crippen molar-refractivity contribution in [3.05, 3.63) is 113 Å². The van der Waals surface area contributed by atoms with Crippen LogP contribution in [0.2, 0.25) is 5.02 Å². The molecule has 0 saturated heterocycles. The van der Waals surface area contributed by atoms with Gasteiger partial charge in [-0.3, -0.25) is 9.88 Å². The van der Waals surface area contributed by atoms with Gasteiger partial charge in [-0.25, -0.2) is 4.99 Å². The number of hydrogen-bond donors (Lipinski definition) is 0.